The van der Waals surface area contributed by atoms with Gasteiger partial charge in [-0.25, -0.2) is 4.79 Å². The highest BCUT2D eigenvalue weighted by Crippen LogP contribution is 2.26. The Kier molecular flexibility index (Phi) is 6.12. The van der Waals surface area contributed by atoms with E-state index in [0.717, 1.165) is 0 Å². The lowest BCUT2D eigenvalue weighted by molar-refractivity contribution is -0.123. The Morgan fingerprint density at radius 1 is 1.22 bits per heavy atom. The largest absolute Gasteiger partial charge is 0.449 e. The summed E-state index contributed by atoms with van der Waals surface area (Å²) in [6.45, 7) is 1.46. The summed E-state index contributed by atoms with van der Waals surface area (Å²) in [5.74, 6) is -3.56. The van der Waals surface area contributed by atoms with Crippen molar-refractivity contribution in [2.45, 2.75) is 23.7 Å². The molecule has 1 aromatic carbocycles. The highest BCUT2D eigenvalue weighted by Gasteiger charge is 2.19. The second-order valence-electron chi connectivity index (χ2n) is 4.45. The second-order valence-corrected chi connectivity index (χ2v) is 6.30. The molecule has 0 fully saturated rings. The Hall–Kier alpha value is -1.93. The summed E-state index contributed by atoms with van der Waals surface area (Å²) in [4.78, 5) is 24.1. The molecule has 4 nitrogen and oxygen atoms in total. The molecule has 1 N–H and O–H groups in total. The smallest absolute Gasteiger partial charge is 0.339 e. The average molecular weight is 357 g/mol. The van der Waals surface area contributed by atoms with Crippen LogP contribution in [-0.2, 0) is 9.53 Å². The zero-order chi connectivity index (χ0) is 16.8. The fourth-order valence-corrected chi connectivity index (χ4v) is 2.75. The van der Waals surface area contributed by atoms with Gasteiger partial charge in [0.25, 0.3) is 11.7 Å². The minimum atomic E-state index is -2.49. The molecule has 0 aliphatic heterocycles. The molecule has 2 rings (SSSR count). The van der Waals surface area contributed by atoms with Crippen molar-refractivity contribution in [2.24, 2.45) is 0 Å². The first-order valence-electron chi connectivity index (χ1n) is 6.54. The van der Waals surface area contributed by atoms with Crippen molar-refractivity contribution < 1.29 is 23.1 Å². The number of thioether (sulfide) groups is 1. The van der Waals surface area contributed by atoms with E-state index in [-0.39, 0.29) is 0 Å². The molecule has 0 saturated heterocycles. The van der Waals surface area contributed by atoms with Crippen molar-refractivity contribution in [3.05, 3.63) is 46.7 Å². The normalized spacial score (nSPS) is 12.0. The first-order valence-corrected chi connectivity index (χ1v) is 8.37. The predicted octanol–water partition coefficient (Wildman–Crippen LogP) is 4.25. The highest BCUT2D eigenvalue weighted by atomic mass is 32.2. The number of benzene rings is 1. The number of thiophene rings is 1. The summed E-state index contributed by atoms with van der Waals surface area (Å²) in [7, 11) is 0. The molecule has 0 radical (unpaired) electrons. The molecule has 0 saturated carbocycles. The van der Waals surface area contributed by atoms with Crippen LogP contribution in [0.5, 0.6) is 0 Å². The van der Waals surface area contributed by atoms with Crippen LogP contribution in [-0.4, -0.2) is 23.7 Å². The molecule has 122 valence electrons. The molecular weight excluding hydrogens is 344 g/mol. The molecule has 8 heteroatoms. The number of halogens is 2. The summed E-state index contributed by atoms with van der Waals surface area (Å²) < 4.78 is 29.5. The van der Waals surface area contributed by atoms with Crippen molar-refractivity contribution in [1.82, 2.24) is 0 Å². The molecule has 1 heterocycles. The fraction of sp³-hybridized carbons (Fsp3) is 0.200. The topological polar surface area (TPSA) is 55.4 Å². The number of nitrogens with one attached hydrogen (secondary N) is 1. The third-order valence-corrected chi connectivity index (χ3v) is 4.16. The Balaban J connectivity index is 1.89. The maximum absolute atomic E-state index is 12.2. The van der Waals surface area contributed by atoms with Gasteiger partial charge in [-0.15, -0.1) is 0 Å². The number of hydrogen-bond acceptors (Lipinski definition) is 5. The molecule has 0 spiro atoms. The molecule has 0 unspecified atom stereocenters. The lowest BCUT2D eigenvalue weighted by Gasteiger charge is -2.13. The van der Waals surface area contributed by atoms with E-state index in [1.54, 1.807) is 16.8 Å². The van der Waals surface area contributed by atoms with Gasteiger partial charge in [-0.3, -0.25) is 4.79 Å². The Bertz CT molecular complexity index is 660. The zero-order valence-electron chi connectivity index (χ0n) is 12.0. The van der Waals surface area contributed by atoms with Gasteiger partial charge < -0.3 is 10.1 Å². The molecule has 1 atom stereocenters. The van der Waals surface area contributed by atoms with E-state index in [0.29, 0.717) is 27.9 Å². The van der Waals surface area contributed by atoms with Crippen LogP contribution in [0.2, 0.25) is 0 Å². The Labute approximate surface area is 139 Å². The van der Waals surface area contributed by atoms with E-state index < -0.39 is 23.7 Å². The average Bonchev–Trinajstić information content (AvgIpc) is 3.03. The van der Waals surface area contributed by atoms with Crippen molar-refractivity contribution in [2.75, 3.05) is 5.32 Å². The summed E-state index contributed by atoms with van der Waals surface area (Å²) in [5, 5.41) is 5.93. The lowest BCUT2D eigenvalue weighted by atomic mass is 10.3. The van der Waals surface area contributed by atoms with Crippen LogP contribution in [0.25, 0.3) is 0 Å². The second kappa shape index (κ2) is 8.07. The molecule has 0 aliphatic carbocycles. The summed E-state index contributed by atoms with van der Waals surface area (Å²) in [6.07, 6.45) is -0.975. The van der Waals surface area contributed by atoms with Gasteiger partial charge in [0.15, 0.2) is 6.10 Å². The number of esters is 1. The monoisotopic (exact) mass is 357 g/mol. The van der Waals surface area contributed by atoms with Crippen molar-refractivity contribution in [1.29, 1.82) is 0 Å². The van der Waals surface area contributed by atoms with Crippen LogP contribution in [0, 0.1) is 0 Å². The molecule has 0 bridgehead atoms. The van der Waals surface area contributed by atoms with Gasteiger partial charge in [0.2, 0.25) is 0 Å². The first-order chi connectivity index (χ1) is 11.0. The number of alkyl halides is 2. The van der Waals surface area contributed by atoms with Crippen LogP contribution in [0.1, 0.15) is 17.3 Å². The Morgan fingerprint density at radius 3 is 2.48 bits per heavy atom. The van der Waals surface area contributed by atoms with E-state index in [2.05, 4.69) is 5.32 Å². The summed E-state index contributed by atoms with van der Waals surface area (Å²) in [5.41, 5.74) is 0.829. The SMILES string of the molecule is C[C@H](OC(=O)c1ccsc1)C(=O)Nc1ccc(SC(F)F)cc1. The first kappa shape index (κ1) is 17.4. The van der Waals surface area contributed by atoms with Gasteiger partial charge in [0.05, 0.1) is 5.56 Å². The van der Waals surface area contributed by atoms with E-state index in [1.165, 1.54) is 42.5 Å². The Morgan fingerprint density at radius 2 is 1.91 bits per heavy atom. The maximum atomic E-state index is 12.2. The lowest BCUT2D eigenvalue weighted by Crippen LogP contribution is -2.29. The van der Waals surface area contributed by atoms with E-state index in [1.807, 2.05) is 0 Å². The number of carbonyl (C=O) groups is 2. The van der Waals surface area contributed by atoms with Gasteiger partial charge in [-0.1, -0.05) is 11.8 Å². The molecule has 0 aliphatic rings. The number of amides is 1. The summed E-state index contributed by atoms with van der Waals surface area (Å²) >= 11 is 1.78. The van der Waals surface area contributed by atoms with Gasteiger partial charge >= 0.3 is 5.97 Å². The van der Waals surface area contributed by atoms with Crippen molar-refractivity contribution in [3.8, 4) is 0 Å². The quantitative estimate of drug-likeness (QED) is 0.620. The molecule has 2 aromatic rings. The van der Waals surface area contributed by atoms with Gasteiger partial charge in [0.1, 0.15) is 0 Å². The van der Waals surface area contributed by atoms with Gasteiger partial charge in [-0.05, 0) is 42.6 Å². The fourth-order valence-electron chi connectivity index (χ4n) is 1.63. The van der Waals surface area contributed by atoms with Crippen LogP contribution in [0.15, 0.2) is 46.0 Å². The molecule has 1 aromatic heterocycles. The molecular formula is C15H13F2NO3S2. The minimum Gasteiger partial charge on any atom is -0.449 e. The number of rotatable bonds is 6. The molecule has 23 heavy (non-hydrogen) atoms. The van der Waals surface area contributed by atoms with Gasteiger partial charge in [0, 0.05) is 16.0 Å². The van der Waals surface area contributed by atoms with Gasteiger partial charge in [-0.2, -0.15) is 20.1 Å². The number of hydrogen-bond donors (Lipinski definition) is 1. The van der Waals surface area contributed by atoms with E-state index >= 15 is 0 Å². The van der Waals surface area contributed by atoms with Crippen LogP contribution < -0.4 is 5.32 Å². The predicted molar refractivity (Wildman–Crippen MR) is 86.1 cm³/mol. The number of anilines is 1. The van der Waals surface area contributed by atoms with Crippen molar-refractivity contribution in [3.63, 3.8) is 0 Å². The van der Waals surface area contributed by atoms with Crippen LogP contribution in [0.4, 0.5) is 14.5 Å². The third-order valence-electron chi connectivity index (χ3n) is 2.76. The summed E-state index contributed by atoms with van der Waals surface area (Å²) in [6, 6.07) is 7.59. The van der Waals surface area contributed by atoms with E-state index in [4.69, 9.17) is 4.74 Å². The van der Waals surface area contributed by atoms with Crippen LogP contribution in [0.3, 0.4) is 0 Å². The number of carbonyl (C=O) groups excluding carboxylic acids is 2. The standard InChI is InChI=1S/C15H13F2NO3S2/c1-9(21-14(20)10-6-7-22-8-10)13(19)18-11-2-4-12(5-3-11)23-15(16)17/h2-9,15H,1H3,(H,18,19)/t9-/m0/s1. The maximum Gasteiger partial charge on any atom is 0.339 e. The van der Waals surface area contributed by atoms with Crippen molar-refractivity contribution >= 4 is 40.7 Å². The number of ether oxygens (including phenoxy) is 1. The molecule has 1 amide bonds. The highest BCUT2D eigenvalue weighted by molar-refractivity contribution is 7.99. The van der Waals surface area contributed by atoms with E-state index in [9.17, 15) is 18.4 Å². The third kappa shape index (κ3) is 5.33. The van der Waals surface area contributed by atoms with Crippen LogP contribution >= 0.6 is 23.1 Å². The minimum absolute atomic E-state index is 0.392. The zero-order valence-corrected chi connectivity index (χ0v) is 13.6.